The Morgan fingerprint density at radius 1 is 1.00 bits per heavy atom. The van der Waals surface area contributed by atoms with Gasteiger partial charge in [0.25, 0.3) is 0 Å². The molecule has 1 rings (SSSR count). The molecule has 0 aliphatic rings. The summed E-state index contributed by atoms with van der Waals surface area (Å²) in [5, 5.41) is 0.793. The zero-order valence-corrected chi connectivity index (χ0v) is 11.6. The van der Waals surface area contributed by atoms with Crippen molar-refractivity contribution in [1.29, 1.82) is 0 Å². The van der Waals surface area contributed by atoms with Gasteiger partial charge in [-0.05, 0) is 36.1 Å². The van der Waals surface area contributed by atoms with Crippen LogP contribution in [0, 0.1) is 0 Å². The molecule has 0 aliphatic heterocycles. The molecule has 17 heavy (non-hydrogen) atoms. The Labute approximate surface area is 111 Å². The predicted octanol–water partition coefficient (Wildman–Crippen LogP) is 6.10. The van der Waals surface area contributed by atoms with Crippen LogP contribution in [-0.4, -0.2) is 0 Å². The van der Waals surface area contributed by atoms with Gasteiger partial charge in [0.2, 0.25) is 0 Å². The van der Waals surface area contributed by atoms with E-state index >= 15 is 0 Å². The number of benzene rings is 1. The first kappa shape index (κ1) is 14.3. The van der Waals surface area contributed by atoms with Gasteiger partial charge < -0.3 is 0 Å². The molecule has 0 aliphatic carbocycles. The van der Waals surface area contributed by atoms with E-state index in [2.05, 4.69) is 25.6 Å². The molecule has 1 aromatic rings. The van der Waals surface area contributed by atoms with Gasteiger partial charge in [-0.1, -0.05) is 69.3 Å². The van der Waals surface area contributed by atoms with Crippen LogP contribution in [0.4, 0.5) is 0 Å². The van der Waals surface area contributed by atoms with Gasteiger partial charge in [-0.25, -0.2) is 0 Å². The molecule has 0 spiro atoms. The predicted molar refractivity (Wildman–Crippen MR) is 78.5 cm³/mol. The maximum Gasteiger partial charge on any atom is 0.0406 e. The van der Waals surface area contributed by atoms with Crippen LogP contribution in [0.1, 0.15) is 57.4 Å². The van der Waals surface area contributed by atoms with Crippen molar-refractivity contribution >= 4 is 17.2 Å². The van der Waals surface area contributed by atoms with E-state index in [1.165, 1.54) is 49.7 Å². The minimum Gasteiger partial charge on any atom is -0.0952 e. The third-order valence-corrected chi connectivity index (χ3v) is 3.34. The van der Waals surface area contributed by atoms with Crippen LogP contribution in [0.15, 0.2) is 30.8 Å². The van der Waals surface area contributed by atoms with Crippen LogP contribution in [-0.2, 0) is 0 Å². The van der Waals surface area contributed by atoms with Crippen molar-refractivity contribution in [3.05, 3.63) is 41.4 Å². The summed E-state index contributed by atoms with van der Waals surface area (Å²) in [4.78, 5) is 0. The van der Waals surface area contributed by atoms with E-state index in [1.807, 2.05) is 12.1 Å². The Morgan fingerprint density at radius 2 is 1.59 bits per heavy atom. The number of halogens is 1. The van der Waals surface area contributed by atoms with Crippen molar-refractivity contribution in [3.8, 4) is 0 Å². The SMILES string of the molecule is C=C(CCCCCCCC)c1ccc(Cl)cc1. The van der Waals surface area contributed by atoms with Crippen molar-refractivity contribution in [1.82, 2.24) is 0 Å². The molecule has 0 saturated carbocycles. The second kappa shape index (κ2) is 8.36. The Kier molecular flexibility index (Phi) is 7.04. The van der Waals surface area contributed by atoms with Gasteiger partial charge in [-0.2, -0.15) is 0 Å². The van der Waals surface area contributed by atoms with Crippen LogP contribution in [0.2, 0.25) is 5.02 Å². The first-order chi connectivity index (χ1) is 8.24. The first-order valence-corrected chi connectivity index (χ1v) is 7.05. The number of rotatable bonds is 8. The smallest absolute Gasteiger partial charge is 0.0406 e. The summed E-state index contributed by atoms with van der Waals surface area (Å²) in [5.41, 5.74) is 2.46. The fourth-order valence-corrected chi connectivity index (χ4v) is 2.07. The molecule has 1 heteroatoms. The fourth-order valence-electron chi connectivity index (χ4n) is 1.95. The van der Waals surface area contributed by atoms with Crippen molar-refractivity contribution in [3.63, 3.8) is 0 Å². The highest BCUT2D eigenvalue weighted by molar-refractivity contribution is 6.30. The summed E-state index contributed by atoms with van der Waals surface area (Å²) < 4.78 is 0. The standard InChI is InChI=1S/C16H23Cl/c1-3-4-5-6-7-8-9-14(2)15-10-12-16(17)13-11-15/h10-13H,2-9H2,1H3. The van der Waals surface area contributed by atoms with E-state index in [0.717, 1.165) is 11.4 Å². The molecular formula is C16H23Cl. The number of unbranched alkanes of at least 4 members (excludes halogenated alkanes) is 5. The highest BCUT2D eigenvalue weighted by Crippen LogP contribution is 2.21. The van der Waals surface area contributed by atoms with E-state index in [1.54, 1.807) is 0 Å². The summed E-state index contributed by atoms with van der Waals surface area (Å²) in [7, 11) is 0. The zero-order valence-electron chi connectivity index (χ0n) is 10.8. The Balaban J connectivity index is 2.19. The molecule has 0 aromatic heterocycles. The third kappa shape index (κ3) is 5.93. The molecule has 0 heterocycles. The molecule has 1 aromatic carbocycles. The summed E-state index contributed by atoms with van der Waals surface area (Å²) in [6, 6.07) is 7.98. The zero-order chi connectivity index (χ0) is 12.5. The molecule has 0 nitrogen and oxygen atoms in total. The topological polar surface area (TPSA) is 0 Å². The van der Waals surface area contributed by atoms with Crippen LogP contribution < -0.4 is 0 Å². The van der Waals surface area contributed by atoms with Crippen molar-refractivity contribution in [2.75, 3.05) is 0 Å². The summed E-state index contributed by atoms with van der Waals surface area (Å²) in [6.07, 6.45) is 9.12. The van der Waals surface area contributed by atoms with Gasteiger partial charge in [0.05, 0.1) is 0 Å². The lowest BCUT2D eigenvalue weighted by Gasteiger charge is -2.06. The minimum atomic E-state index is 0.793. The Morgan fingerprint density at radius 3 is 2.24 bits per heavy atom. The average Bonchev–Trinajstić information content (AvgIpc) is 2.34. The van der Waals surface area contributed by atoms with E-state index in [-0.39, 0.29) is 0 Å². The molecule has 0 fully saturated rings. The first-order valence-electron chi connectivity index (χ1n) is 6.67. The molecule has 0 amide bonds. The Bertz CT molecular complexity index is 324. The van der Waals surface area contributed by atoms with Gasteiger partial charge in [0.1, 0.15) is 0 Å². The third-order valence-electron chi connectivity index (χ3n) is 3.08. The van der Waals surface area contributed by atoms with E-state index < -0.39 is 0 Å². The summed E-state index contributed by atoms with van der Waals surface area (Å²) in [6.45, 7) is 6.40. The van der Waals surface area contributed by atoms with Gasteiger partial charge >= 0.3 is 0 Å². The Hall–Kier alpha value is -0.750. The normalized spacial score (nSPS) is 10.5. The van der Waals surface area contributed by atoms with Crippen molar-refractivity contribution in [2.24, 2.45) is 0 Å². The van der Waals surface area contributed by atoms with Gasteiger partial charge in [0.15, 0.2) is 0 Å². The molecule has 0 atom stereocenters. The summed E-state index contributed by atoms with van der Waals surface area (Å²) >= 11 is 5.86. The maximum atomic E-state index is 5.86. The average molecular weight is 251 g/mol. The largest absolute Gasteiger partial charge is 0.0952 e. The lowest BCUT2D eigenvalue weighted by atomic mass is 10.0. The van der Waals surface area contributed by atoms with Gasteiger partial charge in [0, 0.05) is 5.02 Å². The van der Waals surface area contributed by atoms with Crippen LogP contribution in [0.25, 0.3) is 5.57 Å². The lowest BCUT2D eigenvalue weighted by molar-refractivity contribution is 0.613. The van der Waals surface area contributed by atoms with Crippen LogP contribution in [0.3, 0.4) is 0 Å². The van der Waals surface area contributed by atoms with Crippen LogP contribution >= 0.6 is 11.6 Å². The van der Waals surface area contributed by atoms with Crippen LogP contribution in [0.5, 0.6) is 0 Å². The van der Waals surface area contributed by atoms with E-state index in [0.29, 0.717) is 0 Å². The number of hydrogen-bond donors (Lipinski definition) is 0. The summed E-state index contributed by atoms with van der Waals surface area (Å²) in [5.74, 6) is 0. The fraction of sp³-hybridized carbons (Fsp3) is 0.500. The number of allylic oxidation sites excluding steroid dienone is 1. The highest BCUT2D eigenvalue weighted by atomic mass is 35.5. The molecule has 0 unspecified atom stereocenters. The molecule has 94 valence electrons. The molecule has 0 N–H and O–H groups in total. The quantitative estimate of drug-likeness (QED) is 0.489. The van der Waals surface area contributed by atoms with Crippen molar-refractivity contribution in [2.45, 2.75) is 51.9 Å². The number of hydrogen-bond acceptors (Lipinski definition) is 0. The molecular weight excluding hydrogens is 228 g/mol. The second-order valence-corrected chi connectivity index (χ2v) is 5.06. The van der Waals surface area contributed by atoms with E-state index in [4.69, 9.17) is 11.6 Å². The molecule has 0 saturated heterocycles. The maximum absolute atomic E-state index is 5.86. The van der Waals surface area contributed by atoms with Gasteiger partial charge in [-0.15, -0.1) is 0 Å². The molecule has 0 bridgehead atoms. The highest BCUT2D eigenvalue weighted by Gasteiger charge is 1.99. The minimum absolute atomic E-state index is 0.793. The van der Waals surface area contributed by atoms with E-state index in [9.17, 15) is 0 Å². The lowest BCUT2D eigenvalue weighted by Crippen LogP contribution is -1.84. The monoisotopic (exact) mass is 250 g/mol. The second-order valence-electron chi connectivity index (χ2n) is 4.63. The molecule has 0 radical (unpaired) electrons. The van der Waals surface area contributed by atoms with Gasteiger partial charge in [-0.3, -0.25) is 0 Å². The van der Waals surface area contributed by atoms with Crippen molar-refractivity contribution < 1.29 is 0 Å².